The second kappa shape index (κ2) is 8.44. The molecule has 3 aromatic carbocycles. The molecule has 1 aliphatic rings. The fourth-order valence-corrected chi connectivity index (χ4v) is 4.06. The van der Waals surface area contributed by atoms with Gasteiger partial charge in [0.05, 0.1) is 0 Å². The number of benzene rings is 3. The predicted octanol–water partition coefficient (Wildman–Crippen LogP) is 7.24. The largest absolute Gasteiger partial charge is 0.0655 e. The quantitative estimate of drug-likeness (QED) is 0.432. The van der Waals surface area contributed by atoms with Crippen molar-refractivity contribution in [2.45, 2.75) is 39.5 Å². The molecule has 1 aliphatic carbocycles. The summed E-state index contributed by atoms with van der Waals surface area (Å²) in [6.07, 6.45) is 9.00. The van der Waals surface area contributed by atoms with Crippen LogP contribution in [0.15, 0.2) is 90.5 Å². The predicted molar refractivity (Wildman–Crippen MR) is 121 cm³/mol. The standard InChI is InChI=1S/C28H28/c1-21-6-3-8-23(16-21)12-13-24-14-15-28(19-24)27-11-5-10-26(20-27)18-25-9-4-7-22(2)17-25/h3-11,14-17,20H,12-13,18-19H2,1-2H3. The summed E-state index contributed by atoms with van der Waals surface area (Å²) >= 11 is 0. The van der Waals surface area contributed by atoms with Gasteiger partial charge in [-0.15, -0.1) is 0 Å². The molecule has 0 N–H and O–H groups in total. The first-order valence-electron chi connectivity index (χ1n) is 10.2. The van der Waals surface area contributed by atoms with E-state index in [2.05, 4.69) is 98.8 Å². The summed E-state index contributed by atoms with van der Waals surface area (Å²) in [5.41, 5.74) is 11.2. The van der Waals surface area contributed by atoms with Crippen molar-refractivity contribution in [3.63, 3.8) is 0 Å². The average Bonchev–Trinajstić information content (AvgIpc) is 3.16. The Hall–Kier alpha value is -2.86. The van der Waals surface area contributed by atoms with E-state index < -0.39 is 0 Å². The molecular formula is C28H28. The molecule has 0 aromatic heterocycles. The zero-order chi connectivity index (χ0) is 19.3. The van der Waals surface area contributed by atoms with Crippen LogP contribution in [-0.4, -0.2) is 0 Å². The highest BCUT2D eigenvalue weighted by Crippen LogP contribution is 2.31. The first-order chi connectivity index (χ1) is 13.7. The summed E-state index contributed by atoms with van der Waals surface area (Å²) in [6.45, 7) is 4.33. The molecule has 0 bridgehead atoms. The molecule has 140 valence electrons. The lowest BCUT2D eigenvalue weighted by molar-refractivity contribution is 0.921. The Bertz CT molecular complexity index is 1030. The van der Waals surface area contributed by atoms with Crippen LogP contribution in [0.1, 0.15) is 46.2 Å². The van der Waals surface area contributed by atoms with Crippen LogP contribution in [0.2, 0.25) is 0 Å². The molecule has 0 unspecified atom stereocenters. The van der Waals surface area contributed by atoms with Crippen LogP contribution in [-0.2, 0) is 12.8 Å². The van der Waals surface area contributed by atoms with Gasteiger partial charge in [-0.25, -0.2) is 0 Å². The minimum atomic E-state index is 0.996. The van der Waals surface area contributed by atoms with Gasteiger partial charge in [-0.3, -0.25) is 0 Å². The molecule has 0 amide bonds. The number of aryl methyl sites for hydroxylation is 3. The zero-order valence-electron chi connectivity index (χ0n) is 16.9. The Labute approximate surface area is 169 Å². The van der Waals surface area contributed by atoms with Crippen molar-refractivity contribution in [3.8, 4) is 0 Å². The molecule has 0 saturated carbocycles. The zero-order valence-corrected chi connectivity index (χ0v) is 16.9. The maximum Gasteiger partial charge on any atom is -0.00255 e. The van der Waals surface area contributed by atoms with Gasteiger partial charge in [0.25, 0.3) is 0 Å². The minimum absolute atomic E-state index is 0.996. The Balaban J connectivity index is 1.38. The normalized spacial score (nSPS) is 13.4. The van der Waals surface area contributed by atoms with Crippen LogP contribution >= 0.6 is 0 Å². The van der Waals surface area contributed by atoms with E-state index in [0.717, 1.165) is 25.7 Å². The van der Waals surface area contributed by atoms with E-state index >= 15 is 0 Å². The van der Waals surface area contributed by atoms with Crippen LogP contribution < -0.4 is 0 Å². The summed E-state index contributed by atoms with van der Waals surface area (Å²) in [5.74, 6) is 0. The third kappa shape index (κ3) is 4.70. The Morgan fingerprint density at radius 1 is 0.643 bits per heavy atom. The lowest BCUT2D eigenvalue weighted by Gasteiger charge is -2.09. The smallest absolute Gasteiger partial charge is 0.00255 e. The van der Waals surface area contributed by atoms with Gasteiger partial charge in [0, 0.05) is 0 Å². The van der Waals surface area contributed by atoms with Gasteiger partial charge < -0.3 is 0 Å². The van der Waals surface area contributed by atoms with Gasteiger partial charge in [0.15, 0.2) is 0 Å². The van der Waals surface area contributed by atoms with Crippen LogP contribution in [0.4, 0.5) is 0 Å². The highest BCUT2D eigenvalue weighted by atomic mass is 14.2. The van der Waals surface area contributed by atoms with E-state index in [-0.39, 0.29) is 0 Å². The van der Waals surface area contributed by atoms with Crippen molar-refractivity contribution >= 4 is 5.57 Å². The number of hydrogen-bond acceptors (Lipinski definition) is 0. The molecule has 4 rings (SSSR count). The van der Waals surface area contributed by atoms with E-state index in [9.17, 15) is 0 Å². The minimum Gasteiger partial charge on any atom is -0.0655 e. The van der Waals surface area contributed by atoms with Crippen molar-refractivity contribution in [1.29, 1.82) is 0 Å². The fourth-order valence-electron chi connectivity index (χ4n) is 4.06. The highest BCUT2D eigenvalue weighted by Gasteiger charge is 2.11. The van der Waals surface area contributed by atoms with Crippen molar-refractivity contribution < 1.29 is 0 Å². The molecule has 3 aromatic rings. The fraction of sp³-hybridized carbons (Fsp3) is 0.214. The summed E-state index contributed by atoms with van der Waals surface area (Å²) in [6, 6.07) is 26.8. The van der Waals surface area contributed by atoms with Gasteiger partial charge >= 0.3 is 0 Å². The molecule has 0 aliphatic heterocycles. The van der Waals surface area contributed by atoms with E-state index in [0.29, 0.717) is 0 Å². The van der Waals surface area contributed by atoms with Gasteiger partial charge in [0.1, 0.15) is 0 Å². The van der Waals surface area contributed by atoms with Crippen LogP contribution in [0.5, 0.6) is 0 Å². The van der Waals surface area contributed by atoms with Crippen molar-refractivity contribution in [2.75, 3.05) is 0 Å². The third-order valence-electron chi connectivity index (χ3n) is 5.54. The lowest BCUT2D eigenvalue weighted by Crippen LogP contribution is -1.92. The summed E-state index contributed by atoms with van der Waals surface area (Å²) in [4.78, 5) is 0. The van der Waals surface area contributed by atoms with Gasteiger partial charge in [-0.05, 0) is 67.4 Å². The molecule has 0 nitrogen and oxygen atoms in total. The topological polar surface area (TPSA) is 0 Å². The summed E-state index contributed by atoms with van der Waals surface area (Å²) in [5, 5.41) is 0. The van der Waals surface area contributed by atoms with Crippen LogP contribution in [0.25, 0.3) is 5.57 Å². The first kappa shape index (κ1) is 18.5. The Morgan fingerprint density at radius 3 is 2.04 bits per heavy atom. The second-order valence-corrected chi connectivity index (χ2v) is 8.05. The highest BCUT2D eigenvalue weighted by molar-refractivity contribution is 5.72. The van der Waals surface area contributed by atoms with E-state index in [1.807, 2.05) is 0 Å². The number of hydrogen-bond donors (Lipinski definition) is 0. The Morgan fingerprint density at radius 2 is 1.29 bits per heavy atom. The second-order valence-electron chi connectivity index (χ2n) is 8.05. The molecule has 0 saturated heterocycles. The van der Waals surface area contributed by atoms with Crippen molar-refractivity contribution in [3.05, 3.63) is 124 Å². The summed E-state index contributed by atoms with van der Waals surface area (Å²) < 4.78 is 0. The molecule has 28 heavy (non-hydrogen) atoms. The SMILES string of the molecule is Cc1cccc(CCC2=CC=C(c3cccc(Cc4cccc(C)c4)c3)C2)c1. The first-order valence-corrected chi connectivity index (χ1v) is 10.2. The van der Waals surface area contributed by atoms with Crippen LogP contribution in [0.3, 0.4) is 0 Å². The van der Waals surface area contributed by atoms with E-state index in [1.165, 1.54) is 39.0 Å². The third-order valence-corrected chi connectivity index (χ3v) is 5.54. The molecule has 0 heteroatoms. The number of allylic oxidation sites excluding steroid dienone is 4. The van der Waals surface area contributed by atoms with Crippen molar-refractivity contribution in [1.82, 2.24) is 0 Å². The van der Waals surface area contributed by atoms with Crippen LogP contribution in [0, 0.1) is 13.8 Å². The van der Waals surface area contributed by atoms with Gasteiger partial charge in [-0.1, -0.05) is 102 Å². The summed E-state index contributed by atoms with van der Waals surface area (Å²) in [7, 11) is 0. The molecule has 0 heterocycles. The monoisotopic (exact) mass is 364 g/mol. The molecule has 0 spiro atoms. The Kier molecular flexibility index (Phi) is 5.58. The van der Waals surface area contributed by atoms with Crippen molar-refractivity contribution in [2.24, 2.45) is 0 Å². The molecular weight excluding hydrogens is 336 g/mol. The molecule has 0 fully saturated rings. The van der Waals surface area contributed by atoms with E-state index in [1.54, 1.807) is 5.57 Å². The number of rotatable bonds is 6. The lowest BCUT2D eigenvalue weighted by atomic mass is 9.96. The molecule has 0 atom stereocenters. The maximum atomic E-state index is 2.37. The average molecular weight is 365 g/mol. The van der Waals surface area contributed by atoms with Gasteiger partial charge in [0.2, 0.25) is 0 Å². The maximum absolute atomic E-state index is 2.37. The van der Waals surface area contributed by atoms with Gasteiger partial charge in [-0.2, -0.15) is 0 Å². The van der Waals surface area contributed by atoms with E-state index in [4.69, 9.17) is 0 Å². The molecule has 0 radical (unpaired) electrons.